The van der Waals surface area contributed by atoms with Gasteiger partial charge in [0.25, 0.3) is 0 Å². The summed E-state index contributed by atoms with van der Waals surface area (Å²) in [5, 5.41) is 9.46. The largest absolute Gasteiger partial charge is 0.388 e. The molecular weight excluding hydrogens is 124 g/mol. The second-order valence-electron chi connectivity index (χ2n) is 3.43. The highest BCUT2D eigenvalue weighted by Gasteiger charge is 2.43. The maximum Gasteiger partial charge on any atom is 0.0784 e. The molecule has 3 unspecified atom stereocenters. The molecule has 3 atom stereocenters. The quantitative estimate of drug-likeness (QED) is 0.500. The lowest BCUT2D eigenvalue weighted by Crippen LogP contribution is -2.18. The number of fused-ring (bicyclic) bond motifs is 2. The number of aliphatic hydroxyl groups excluding tert-OH is 1. The summed E-state index contributed by atoms with van der Waals surface area (Å²) < 4.78 is 0. The van der Waals surface area contributed by atoms with Crippen molar-refractivity contribution >= 4 is 0 Å². The van der Waals surface area contributed by atoms with Crippen LogP contribution >= 0.6 is 0 Å². The maximum atomic E-state index is 9.46. The van der Waals surface area contributed by atoms with Crippen LogP contribution in [0.25, 0.3) is 0 Å². The van der Waals surface area contributed by atoms with Crippen LogP contribution in [0.3, 0.4) is 0 Å². The highest BCUT2D eigenvalue weighted by Crippen LogP contribution is 2.49. The fourth-order valence-electron chi connectivity index (χ4n) is 2.19. The molecule has 0 radical (unpaired) electrons. The Bertz CT molecular complexity index is 205. The molecule has 0 amide bonds. The number of aliphatic hydroxyl groups is 1. The zero-order valence-electron chi connectivity index (χ0n) is 6.01. The Hall–Kier alpha value is -0.560. The predicted octanol–water partition coefficient (Wildman–Crippen LogP) is 1.50. The highest BCUT2D eigenvalue weighted by atomic mass is 16.3. The molecule has 2 aliphatic rings. The third-order valence-corrected chi connectivity index (χ3v) is 2.83. The molecule has 0 heterocycles. The molecule has 54 valence electrons. The first kappa shape index (κ1) is 6.17. The van der Waals surface area contributed by atoms with Crippen LogP contribution < -0.4 is 0 Å². The summed E-state index contributed by atoms with van der Waals surface area (Å²) in [6, 6.07) is 0. The molecule has 0 saturated heterocycles. The van der Waals surface area contributed by atoms with E-state index in [0.29, 0.717) is 11.8 Å². The van der Waals surface area contributed by atoms with Crippen LogP contribution in [0.4, 0.5) is 0 Å². The number of rotatable bonds is 0. The zero-order valence-corrected chi connectivity index (χ0v) is 6.01. The molecule has 10 heavy (non-hydrogen) atoms. The Morgan fingerprint density at radius 3 is 2.50 bits per heavy atom. The molecule has 0 aromatic heterocycles. The van der Waals surface area contributed by atoms with E-state index < -0.39 is 0 Å². The van der Waals surface area contributed by atoms with Gasteiger partial charge in [0.1, 0.15) is 0 Å². The lowest BCUT2D eigenvalue weighted by atomic mass is 9.90. The van der Waals surface area contributed by atoms with E-state index in [2.05, 4.69) is 13.2 Å². The van der Waals surface area contributed by atoms with E-state index in [1.807, 2.05) is 0 Å². The molecule has 2 bridgehead atoms. The maximum absolute atomic E-state index is 9.46. The Kier molecular flexibility index (Phi) is 1.07. The molecule has 2 saturated carbocycles. The van der Waals surface area contributed by atoms with Crippen molar-refractivity contribution in [1.29, 1.82) is 0 Å². The van der Waals surface area contributed by atoms with Crippen molar-refractivity contribution < 1.29 is 5.11 Å². The van der Waals surface area contributed by atoms with E-state index in [4.69, 9.17) is 0 Å². The summed E-state index contributed by atoms with van der Waals surface area (Å²) in [4.78, 5) is 0. The number of allylic oxidation sites excluding steroid dienone is 1. The van der Waals surface area contributed by atoms with Crippen molar-refractivity contribution in [1.82, 2.24) is 0 Å². The van der Waals surface area contributed by atoms with Gasteiger partial charge in [-0.15, -0.1) is 0 Å². The zero-order chi connectivity index (χ0) is 7.30. The topological polar surface area (TPSA) is 20.2 Å². The molecule has 2 fully saturated rings. The Balaban J connectivity index is 2.32. The molecular formula is C9H12O. The van der Waals surface area contributed by atoms with Crippen LogP contribution in [-0.2, 0) is 0 Å². The lowest BCUT2D eigenvalue weighted by Gasteiger charge is -2.20. The van der Waals surface area contributed by atoms with Crippen LogP contribution in [-0.4, -0.2) is 11.2 Å². The van der Waals surface area contributed by atoms with Crippen LogP contribution in [0.1, 0.15) is 12.8 Å². The molecule has 0 spiro atoms. The Labute approximate surface area is 61.1 Å². The van der Waals surface area contributed by atoms with Gasteiger partial charge in [0.2, 0.25) is 0 Å². The summed E-state index contributed by atoms with van der Waals surface area (Å²) in [6.07, 6.45) is 1.89. The van der Waals surface area contributed by atoms with Crippen molar-refractivity contribution in [3.63, 3.8) is 0 Å². The summed E-state index contributed by atoms with van der Waals surface area (Å²) >= 11 is 0. The minimum Gasteiger partial charge on any atom is -0.388 e. The molecule has 1 nitrogen and oxygen atoms in total. The third kappa shape index (κ3) is 0.562. The molecule has 0 aromatic carbocycles. The van der Waals surface area contributed by atoms with Crippen LogP contribution in [0, 0.1) is 11.8 Å². The Morgan fingerprint density at radius 1 is 1.40 bits per heavy atom. The van der Waals surface area contributed by atoms with Crippen molar-refractivity contribution in [2.75, 3.05) is 0 Å². The van der Waals surface area contributed by atoms with Gasteiger partial charge in [-0.3, -0.25) is 0 Å². The SMILES string of the molecule is C=C1CC2CC1C(=C)C2O. The first-order chi connectivity index (χ1) is 4.70. The first-order valence-corrected chi connectivity index (χ1v) is 3.74. The van der Waals surface area contributed by atoms with E-state index >= 15 is 0 Å². The van der Waals surface area contributed by atoms with Crippen molar-refractivity contribution in [2.24, 2.45) is 11.8 Å². The van der Waals surface area contributed by atoms with Gasteiger partial charge < -0.3 is 5.11 Å². The third-order valence-electron chi connectivity index (χ3n) is 2.83. The van der Waals surface area contributed by atoms with Gasteiger partial charge in [-0.1, -0.05) is 18.7 Å². The average molecular weight is 136 g/mol. The van der Waals surface area contributed by atoms with Gasteiger partial charge in [-0.05, 0) is 24.3 Å². The van der Waals surface area contributed by atoms with E-state index in [1.54, 1.807) is 0 Å². The minimum atomic E-state index is -0.226. The normalized spacial score (nSPS) is 45.1. The fourth-order valence-corrected chi connectivity index (χ4v) is 2.19. The summed E-state index contributed by atoms with van der Waals surface area (Å²) in [7, 11) is 0. The van der Waals surface area contributed by atoms with Gasteiger partial charge in [0.15, 0.2) is 0 Å². The average Bonchev–Trinajstić information content (AvgIpc) is 2.36. The highest BCUT2D eigenvalue weighted by molar-refractivity contribution is 5.32. The predicted molar refractivity (Wildman–Crippen MR) is 40.5 cm³/mol. The second-order valence-corrected chi connectivity index (χ2v) is 3.43. The smallest absolute Gasteiger partial charge is 0.0784 e. The van der Waals surface area contributed by atoms with Crippen LogP contribution in [0.2, 0.25) is 0 Å². The van der Waals surface area contributed by atoms with E-state index in [9.17, 15) is 5.11 Å². The summed E-state index contributed by atoms with van der Waals surface area (Å²) in [5.41, 5.74) is 2.28. The van der Waals surface area contributed by atoms with Crippen LogP contribution in [0.15, 0.2) is 24.3 Å². The molecule has 2 rings (SSSR count). The van der Waals surface area contributed by atoms with E-state index in [0.717, 1.165) is 18.4 Å². The van der Waals surface area contributed by atoms with Gasteiger partial charge in [0.05, 0.1) is 6.10 Å². The van der Waals surface area contributed by atoms with Gasteiger partial charge in [-0.25, -0.2) is 0 Å². The first-order valence-electron chi connectivity index (χ1n) is 3.74. The van der Waals surface area contributed by atoms with Gasteiger partial charge in [0, 0.05) is 5.92 Å². The fraction of sp³-hybridized carbons (Fsp3) is 0.556. The number of hydrogen-bond acceptors (Lipinski definition) is 1. The number of hydrogen-bond donors (Lipinski definition) is 1. The van der Waals surface area contributed by atoms with Crippen molar-refractivity contribution in [3.05, 3.63) is 24.3 Å². The minimum absolute atomic E-state index is 0.226. The van der Waals surface area contributed by atoms with E-state index in [1.165, 1.54) is 5.57 Å². The molecule has 0 aliphatic heterocycles. The van der Waals surface area contributed by atoms with Crippen molar-refractivity contribution in [2.45, 2.75) is 18.9 Å². The summed E-state index contributed by atoms with van der Waals surface area (Å²) in [6.45, 7) is 7.81. The monoisotopic (exact) mass is 136 g/mol. The Morgan fingerprint density at radius 2 is 2.10 bits per heavy atom. The van der Waals surface area contributed by atoms with E-state index in [-0.39, 0.29) is 6.10 Å². The molecule has 2 aliphatic carbocycles. The van der Waals surface area contributed by atoms with Crippen molar-refractivity contribution in [3.8, 4) is 0 Å². The second kappa shape index (κ2) is 1.73. The van der Waals surface area contributed by atoms with Gasteiger partial charge in [-0.2, -0.15) is 0 Å². The lowest BCUT2D eigenvalue weighted by molar-refractivity contribution is 0.161. The molecule has 1 heteroatoms. The molecule has 1 N–H and O–H groups in total. The summed E-state index contributed by atoms with van der Waals surface area (Å²) in [5.74, 6) is 0.894. The van der Waals surface area contributed by atoms with Crippen LogP contribution in [0.5, 0.6) is 0 Å². The van der Waals surface area contributed by atoms with Gasteiger partial charge >= 0.3 is 0 Å². The molecule has 0 aromatic rings. The standard InChI is InChI=1S/C9H12O/c1-5-3-7-4-8(5)6(2)9(7)10/h7-10H,1-4H2.